The van der Waals surface area contributed by atoms with Crippen LogP contribution in [0.5, 0.6) is 5.75 Å². The molecule has 3 aromatic rings. The van der Waals surface area contributed by atoms with Gasteiger partial charge in [0.15, 0.2) is 0 Å². The summed E-state index contributed by atoms with van der Waals surface area (Å²) in [6.45, 7) is 0.497. The monoisotopic (exact) mass is 544 g/mol. The van der Waals surface area contributed by atoms with Gasteiger partial charge in [-0.05, 0) is 43.0 Å². The van der Waals surface area contributed by atoms with Crippen LogP contribution in [0.4, 0.5) is 13.2 Å². The van der Waals surface area contributed by atoms with Crippen molar-refractivity contribution >= 4 is 17.5 Å². The van der Waals surface area contributed by atoms with Gasteiger partial charge in [-0.3, -0.25) is 4.79 Å². The lowest BCUT2D eigenvalue weighted by atomic mass is 9.82. The number of nitrogens with one attached hydrogen (secondary N) is 1. The van der Waals surface area contributed by atoms with Gasteiger partial charge in [0.25, 0.3) is 5.91 Å². The predicted molar refractivity (Wildman–Crippen MR) is 139 cm³/mol. The SMILES string of the molecule is CNC(=O)c1cc2c(c(F)c1-c1c(Cl)c(F)cc3c1CC(CCCCN)(c1ccccc1)O3)C(O)C(F)C2. The molecule has 0 bridgehead atoms. The fraction of sp³-hybridized carbons (Fsp3) is 0.345. The Labute approximate surface area is 223 Å². The van der Waals surface area contributed by atoms with Crippen molar-refractivity contribution in [3.63, 3.8) is 0 Å². The van der Waals surface area contributed by atoms with E-state index in [1.165, 1.54) is 19.2 Å². The van der Waals surface area contributed by atoms with E-state index in [0.717, 1.165) is 18.4 Å². The number of carbonyl (C=O) groups excluding carboxylic acids is 1. The number of rotatable bonds is 7. The Kier molecular flexibility index (Phi) is 7.15. The van der Waals surface area contributed by atoms with Gasteiger partial charge in [0.05, 0.1) is 10.6 Å². The number of hydrogen-bond acceptors (Lipinski definition) is 4. The predicted octanol–water partition coefficient (Wildman–Crippen LogP) is 5.53. The molecule has 0 radical (unpaired) electrons. The zero-order valence-electron chi connectivity index (χ0n) is 20.8. The van der Waals surface area contributed by atoms with E-state index in [1.807, 2.05) is 30.3 Å². The van der Waals surface area contributed by atoms with Crippen molar-refractivity contribution in [1.82, 2.24) is 5.32 Å². The second kappa shape index (κ2) is 10.2. The number of amides is 1. The van der Waals surface area contributed by atoms with Crippen LogP contribution in [0.3, 0.4) is 0 Å². The zero-order valence-corrected chi connectivity index (χ0v) is 21.5. The zero-order chi connectivity index (χ0) is 27.2. The second-order valence-corrected chi connectivity index (χ2v) is 10.2. The molecule has 3 atom stereocenters. The van der Waals surface area contributed by atoms with Crippen LogP contribution >= 0.6 is 11.6 Å². The highest BCUT2D eigenvalue weighted by Gasteiger charge is 2.44. The number of hydrogen-bond donors (Lipinski definition) is 3. The van der Waals surface area contributed by atoms with Crippen LogP contribution in [-0.2, 0) is 18.4 Å². The largest absolute Gasteiger partial charge is 0.482 e. The third-order valence-electron chi connectivity index (χ3n) is 7.55. The molecule has 38 heavy (non-hydrogen) atoms. The number of benzene rings is 3. The standard InChI is InChI=1S/C29H28ClF3N2O3/c1-35-28(37)17-11-15-12-20(32)27(36)22(15)26(33)24(17)23-18-14-29(9-5-6-10-34,16-7-3-2-4-8-16)38-21(18)13-19(31)25(23)30/h2-4,7-8,11,13,20,27,36H,5-6,9-10,12,14,34H2,1H3,(H,35,37). The number of ether oxygens (including phenoxy) is 1. The summed E-state index contributed by atoms with van der Waals surface area (Å²) in [7, 11) is 1.38. The number of alkyl halides is 1. The smallest absolute Gasteiger partial charge is 0.251 e. The van der Waals surface area contributed by atoms with Crippen LogP contribution < -0.4 is 15.8 Å². The van der Waals surface area contributed by atoms with Crippen molar-refractivity contribution in [1.29, 1.82) is 0 Å². The Balaban J connectivity index is 1.75. The first-order chi connectivity index (χ1) is 18.2. The molecule has 2 aliphatic rings. The molecule has 0 saturated carbocycles. The summed E-state index contributed by atoms with van der Waals surface area (Å²) < 4.78 is 52.4. The number of nitrogens with two attached hydrogens (primary N) is 1. The van der Waals surface area contributed by atoms with E-state index in [2.05, 4.69) is 5.32 Å². The maximum atomic E-state index is 16.2. The normalized spacial score (nSPS) is 21.7. The third-order valence-corrected chi connectivity index (χ3v) is 7.92. The molecular weight excluding hydrogens is 517 g/mol. The first-order valence-corrected chi connectivity index (χ1v) is 13.0. The van der Waals surface area contributed by atoms with E-state index in [4.69, 9.17) is 22.1 Å². The molecule has 0 fully saturated rings. The Hall–Kier alpha value is -3.07. The summed E-state index contributed by atoms with van der Waals surface area (Å²) in [5.41, 5.74) is 5.61. The van der Waals surface area contributed by atoms with E-state index < -0.39 is 35.4 Å². The second-order valence-electron chi connectivity index (χ2n) is 9.84. The van der Waals surface area contributed by atoms with Crippen molar-refractivity contribution in [2.75, 3.05) is 13.6 Å². The lowest BCUT2D eigenvalue weighted by Gasteiger charge is -2.29. The van der Waals surface area contributed by atoms with Gasteiger partial charge in [-0.15, -0.1) is 0 Å². The summed E-state index contributed by atoms with van der Waals surface area (Å²) in [5, 5.41) is 12.5. The molecule has 5 nitrogen and oxygen atoms in total. The molecule has 5 rings (SSSR count). The Morgan fingerprint density at radius 1 is 1.21 bits per heavy atom. The van der Waals surface area contributed by atoms with E-state index in [-0.39, 0.29) is 51.4 Å². The minimum absolute atomic E-state index is 0.0355. The minimum atomic E-state index is -1.72. The average Bonchev–Trinajstić information content (AvgIpc) is 3.42. The van der Waals surface area contributed by atoms with Crippen LogP contribution in [0.1, 0.15) is 58.0 Å². The van der Waals surface area contributed by atoms with Crippen molar-refractivity contribution in [3.8, 4) is 16.9 Å². The van der Waals surface area contributed by atoms with Crippen LogP contribution in [-0.4, -0.2) is 30.8 Å². The molecule has 1 aliphatic heterocycles. The van der Waals surface area contributed by atoms with Gasteiger partial charge in [-0.2, -0.15) is 0 Å². The van der Waals surface area contributed by atoms with Gasteiger partial charge in [0.2, 0.25) is 0 Å². The van der Waals surface area contributed by atoms with E-state index in [0.29, 0.717) is 18.5 Å². The highest BCUT2D eigenvalue weighted by atomic mass is 35.5. The molecule has 3 aromatic carbocycles. The van der Waals surface area contributed by atoms with Crippen LogP contribution in [0, 0.1) is 11.6 Å². The molecular formula is C29H28ClF3N2O3. The van der Waals surface area contributed by atoms with E-state index in [1.54, 1.807) is 0 Å². The maximum absolute atomic E-state index is 16.2. The molecule has 0 saturated heterocycles. The van der Waals surface area contributed by atoms with Gasteiger partial charge < -0.3 is 20.9 Å². The Morgan fingerprint density at radius 3 is 2.63 bits per heavy atom. The molecule has 200 valence electrons. The first-order valence-electron chi connectivity index (χ1n) is 12.6. The van der Waals surface area contributed by atoms with E-state index >= 15 is 8.78 Å². The summed E-state index contributed by atoms with van der Waals surface area (Å²) in [6, 6.07) is 12.0. The summed E-state index contributed by atoms with van der Waals surface area (Å²) >= 11 is 6.50. The summed E-state index contributed by atoms with van der Waals surface area (Å²) in [6.07, 6.45) is -1.42. The van der Waals surface area contributed by atoms with Gasteiger partial charge in [0.1, 0.15) is 35.3 Å². The number of aliphatic hydroxyl groups is 1. The number of unbranched alkanes of at least 4 members (excludes halogenated alkanes) is 1. The van der Waals surface area contributed by atoms with E-state index in [9.17, 15) is 14.3 Å². The lowest BCUT2D eigenvalue weighted by Crippen LogP contribution is -2.31. The maximum Gasteiger partial charge on any atom is 0.251 e. The van der Waals surface area contributed by atoms with Crippen LogP contribution in [0.15, 0.2) is 42.5 Å². The van der Waals surface area contributed by atoms with Gasteiger partial charge >= 0.3 is 0 Å². The van der Waals surface area contributed by atoms with Gasteiger partial charge in [-0.25, -0.2) is 13.2 Å². The quantitative estimate of drug-likeness (QED) is 0.341. The summed E-state index contributed by atoms with van der Waals surface area (Å²) in [5.74, 6) is -2.31. The Bertz CT molecular complexity index is 1400. The fourth-order valence-corrected chi connectivity index (χ4v) is 5.97. The topological polar surface area (TPSA) is 84.6 Å². The lowest BCUT2D eigenvalue weighted by molar-refractivity contribution is 0.0793. The average molecular weight is 545 g/mol. The molecule has 4 N–H and O–H groups in total. The van der Waals surface area contributed by atoms with Crippen molar-refractivity contribution in [2.24, 2.45) is 5.73 Å². The number of fused-ring (bicyclic) bond motifs is 2. The van der Waals surface area contributed by atoms with Crippen molar-refractivity contribution in [2.45, 2.75) is 50.0 Å². The van der Waals surface area contributed by atoms with Crippen LogP contribution in [0.25, 0.3) is 11.1 Å². The number of halogens is 4. The first kappa shape index (κ1) is 26.5. The summed E-state index contributed by atoms with van der Waals surface area (Å²) in [4.78, 5) is 12.9. The highest BCUT2D eigenvalue weighted by molar-refractivity contribution is 6.34. The van der Waals surface area contributed by atoms with Gasteiger partial charge in [-0.1, -0.05) is 41.9 Å². The molecule has 3 unspecified atom stereocenters. The van der Waals surface area contributed by atoms with Crippen molar-refractivity contribution in [3.05, 3.63) is 86.9 Å². The fourth-order valence-electron chi connectivity index (χ4n) is 5.71. The van der Waals surface area contributed by atoms with Gasteiger partial charge in [0, 0.05) is 48.2 Å². The molecule has 1 heterocycles. The number of aliphatic hydroxyl groups excluding tert-OH is 1. The van der Waals surface area contributed by atoms with Crippen molar-refractivity contribution < 1.29 is 27.8 Å². The molecule has 1 aliphatic carbocycles. The molecule has 0 spiro atoms. The third kappa shape index (κ3) is 4.25. The highest BCUT2D eigenvalue weighted by Crippen LogP contribution is 2.52. The Morgan fingerprint density at radius 2 is 1.95 bits per heavy atom. The minimum Gasteiger partial charge on any atom is -0.482 e. The molecule has 9 heteroatoms. The van der Waals surface area contributed by atoms with Crippen LogP contribution in [0.2, 0.25) is 5.02 Å². The molecule has 1 amide bonds. The molecule has 0 aromatic heterocycles. The number of carbonyl (C=O) groups is 1.